The predicted octanol–water partition coefficient (Wildman–Crippen LogP) is 2.01. The third kappa shape index (κ3) is 3.29. The first-order valence-electron chi connectivity index (χ1n) is 6.40. The van der Waals surface area contributed by atoms with Crippen LogP contribution >= 0.6 is 11.6 Å². The van der Waals surface area contributed by atoms with Crippen molar-refractivity contribution in [3.63, 3.8) is 0 Å². The van der Waals surface area contributed by atoms with Crippen molar-refractivity contribution in [1.82, 2.24) is 5.32 Å². The maximum Gasteiger partial charge on any atom is 0.332 e. The molecular weight excluding hydrogens is 282 g/mol. The van der Waals surface area contributed by atoms with Gasteiger partial charge in [-0.05, 0) is 31.4 Å². The van der Waals surface area contributed by atoms with Crippen molar-refractivity contribution in [3.8, 4) is 0 Å². The fourth-order valence-corrected chi connectivity index (χ4v) is 2.37. The van der Waals surface area contributed by atoms with E-state index in [0.29, 0.717) is 23.4 Å². The monoisotopic (exact) mass is 297 g/mol. The summed E-state index contributed by atoms with van der Waals surface area (Å²) in [6.07, 6.45) is 0.0722. The number of aliphatic carboxylic acids is 1. The van der Waals surface area contributed by atoms with Crippen molar-refractivity contribution >= 4 is 23.5 Å². The van der Waals surface area contributed by atoms with Gasteiger partial charge in [-0.25, -0.2) is 4.79 Å². The Kier molecular flexibility index (Phi) is 4.62. The third-order valence-electron chi connectivity index (χ3n) is 3.31. The molecule has 2 N–H and O–H groups in total. The van der Waals surface area contributed by atoms with E-state index in [9.17, 15) is 9.59 Å². The molecule has 1 amide bonds. The summed E-state index contributed by atoms with van der Waals surface area (Å²) in [5, 5.41) is 12.0. The second-order valence-corrected chi connectivity index (χ2v) is 5.19. The zero-order valence-electron chi connectivity index (χ0n) is 11.1. The molecule has 1 saturated heterocycles. The molecule has 0 spiro atoms. The second-order valence-electron chi connectivity index (χ2n) is 4.81. The van der Waals surface area contributed by atoms with Gasteiger partial charge in [-0.3, -0.25) is 4.79 Å². The molecule has 0 radical (unpaired) electrons. The van der Waals surface area contributed by atoms with E-state index in [2.05, 4.69) is 5.32 Å². The van der Waals surface area contributed by atoms with Crippen LogP contribution in [0.2, 0.25) is 5.02 Å². The molecule has 20 heavy (non-hydrogen) atoms. The Labute approximate surface area is 121 Å². The standard InChI is InChI=1S/C14H16ClNO4/c1-8-3-2-4-10(12(8)15)13(17)16-7-9-5-6-11(20-9)14(18)19/h2-4,9,11H,5-7H2,1H3,(H,16,17)(H,18,19). The maximum atomic E-state index is 12.0. The van der Waals surface area contributed by atoms with Crippen LogP contribution in [0.25, 0.3) is 0 Å². The van der Waals surface area contributed by atoms with Gasteiger partial charge in [0.2, 0.25) is 0 Å². The van der Waals surface area contributed by atoms with Crippen molar-refractivity contribution in [1.29, 1.82) is 0 Å². The van der Waals surface area contributed by atoms with Crippen LogP contribution in [0.1, 0.15) is 28.8 Å². The van der Waals surface area contributed by atoms with Gasteiger partial charge in [0.05, 0.1) is 16.7 Å². The summed E-state index contributed by atoms with van der Waals surface area (Å²) in [7, 11) is 0. The first-order chi connectivity index (χ1) is 9.49. The van der Waals surface area contributed by atoms with E-state index in [1.54, 1.807) is 12.1 Å². The minimum atomic E-state index is -0.958. The quantitative estimate of drug-likeness (QED) is 0.891. The molecule has 108 valence electrons. The lowest BCUT2D eigenvalue weighted by Gasteiger charge is -2.13. The van der Waals surface area contributed by atoms with Gasteiger partial charge >= 0.3 is 5.97 Å². The molecule has 0 aliphatic carbocycles. The number of aryl methyl sites for hydroxylation is 1. The smallest absolute Gasteiger partial charge is 0.332 e. The van der Waals surface area contributed by atoms with E-state index >= 15 is 0 Å². The zero-order valence-corrected chi connectivity index (χ0v) is 11.8. The molecule has 1 aromatic rings. The Morgan fingerprint density at radius 3 is 2.85 bits per heavy atom. The number of hydrogen-bond acceptors (Lipinski definition) is 3. The summed E-state index contributed by atoms with van der Waals surface area (Å²) >= 11 is 6.08. The van der Waals surface area contributed by atoms with Crippen LogP contribution in [-0.2, 0) is 9.53 Å². The van der Waals surface area contributed by atoms with Gasteiger partial charge in [-0.1, -0.05) is 23.7 Å². The Bertz CT molecular complexity index is 532. The molecule has 1 aliphatic rings. The second kappa shape index (κ2) is 6.24. The number of nitrogens with one attached hydrogen (secondary N) is 1. The van der Waals surface area contributed by atoms with Crippen LogP contribution in [0.15, 0.2) is 18.2 Å². The average molecular weight is 298 g/mol. The van der Waals surface area contributed by atoms with Crippen LogP contribution in [0.5, 0.6) is 0 Å². The van der Waals surface area contributed by atoms with Crippen LogP contribution in [0.3, 0.4) is 0 Å². The Morgan fingerprint density at radius 1 is 1.45 bits per heavy atom. The van der Waals surface area contributed by atoms with Crippen molar-refractivity contribution in [2.75, 3.05) is 6.54 Å². The number of ether oxygens (including phenoxy) is 1. The number of carbonyl (C=O) groups is 2. The van der Waals surface area contributed by atoms with Crippen LogP contribution in [0.4, 0.5) is 0 Å². The highest BCUT2D eigenvalue weighted by Crippen LogP contribution is 2.21. The molecule has 5 nitrogen and oxygen atoms in total. The van der Waals surface area contributed by atoms with E-state index in [1.807, 2.05) is 13.0 Å². The molecule has 2 rings (SSSR count). The zero-order chi connectivity index (χ0) is 14.7. The fraction of sp³-hybridized carbons (Fsp3) is 0.429. The van der Waals surface area contributed by atoms with Gasteiger partial charge in [0.15, 0.2) is 6.10 Å². The number of carbonyl (C=O) groups excluding carboxylic acids is 1. The van der Waals surface area contributed by atoms with Crippen LogP contribution < -0.4 is 5.32 Å². The van der Waals surface area contributed by atoms with Gasteiger partial charge in [-0.2, -0.15) is 0 Å². The molecule has 0 bridgehead atoms. The van der Waals surface area contributed by atoms with E-state index in [4.69, 9.17) is 21.4 Å². The molecule has 0 aromatic heterocycles. The predicted molar refractivity (Wildman–Crippen MR) is 74.1 cm³/mol. The first-order valence-corrected chi connectivity index (χ1v) is 6.78. The molecule has 1 fully saturated rings. The molecule has 6 heteroatoms. The summed E-state index contributed by atoms with van der Waals surface area (Å²) < 4.78 is 5.32. The van der Waals surface area contributed by atoms with E-state index < -0.39 is 12.1 Å². The summed E-state index contributed by atoms with van der Waals surface area (Å²) in [4.78, 5) is 22.8. The highest BCUT2D eigenvalue weighted by Gasteiger charge is 2.30. The number of hydrogen-bond donors (Lipinski definition) is 2. The Balaban J connectivity index is 1.90. The highest BCUT2D eigenvalue weighted by atomic mass is 35.5. The van der Waals surface area contributed by atoms with Gasteiger partial charge < -0.3 is 15.2 Å². The minimum absolute atomic E-state index is 0.261. The summed E-state index contributed by atoms with van der Waals surface area (Å²) in [6.45, 7) is 2.11. The normalized spacial score (nSPS) is 21.7. The third-order valence-corrected chi connectivity index (χ3v) is 3.81. The molecule has 1 aromatic carbocycles. The average Bonchev–Trinajstić information content (AvgIpc) is 2.88. The number of benzene rings is 1. The topological polar surface area (TPSA) is 75.6 Å². The molecule has 2 atom stereocenters. The number of rotatable bonds is 4. The van der Waals surface area contributed by atoms with Crippen molar-refractivity contribution in [2.45, 2.75) is 32.0 Å². The molecule has 1 heterocycles. The number of halogens is 1. The fourth-order valence-electron chi connectivity index (χ4n) is 2.16. The van der Waals surface area contributed by atoms with Gasteiger partial charge in [0.1, 0.15) is 0 Å². The van der Waals surface area contributed by atoms with Crippen molar-refractivity contribution < 1.29 is 19.4 Å². The largest absolute Gasteiger partial charge is 0.479 e. The lowest BCUT2D eigenvalue weighted by molar-refractivity contribution is -0.149. The lowest BCUT2D eigenvalue weighted by Crippen LogP contribution is -2.33. The van der Waals surface area contributed by atoms with Crippen LogP contribution in [0, 0.1) is 6.92 Å². The Hall–Kier alpha value is -1.59. The van der Waals surface area contributed by atoms with Crippen molar-refractivity contribution in [2.24, 2.45) is 0 Å². The summed E-state index contributed by atoms with van der Waals surface area (Å²) in [5.74, 6) is -1.23. The van der Waals surface area contributed by atoms with E-state index in [1.165, 1.54) is 0 Å². The number of carboxylic acid groups (broad SMARTS) is 1. The summed E-state index contributed by atoms with van der Waals surface area (Å²) in [6, 6.07) is 5.25. The maximum absolute atomic E-state index is 12.0. The molecule has 2 unspecified atom stereocenters. The van der Waals surface area contributed by atoms with Gasteiger partial charge in [0, 0.05) is 6.54 Å². The SMILES string of the molecule is Cc1cccc(C(=O)NCC2CCC(C(=O)O)O2)c1Cl. The van der Waals surface area contributed by atoms with Crippen LogP contribution in [-0.4, -0.2) is 35.7 Å². The Morgan fingerprint density at radius 2 is 2.20 bits per heavy atom. The highest BCUT2D eigenvalue weighted by molar-refractivity contribution is 6.34. The molecular formula is C14H16ClNO4. The first kappa shape index (κ1) is 14.8. The number of amides is 1. The minimum Gasteiger partial charge on any atom is -0.479 e. The van der Waals surface area contributed by atoms with E-state index in [0.717, 1.165) is 5.56 Å². The summed E-state index contributed by atoms with van der Waals surface area (Å²) in [5.41, 5.74) is 1.25. The lowest BCUT2D eigenvalue weighted by atomic mass is 10.1. The number of carboxylic acids is 1. The van der Waals surface area contributed by atoms with Gasteiger partial charge in [-0.15, -0.1) is 0 Å². The van der Waals surface area contributed by atoms with E-state index in [-0.39, 0.29) is 18.6 Å². The van der Waals surface area contributed by atoms with Crippen molar-refractivity contribution in [3.05, 3.63) is 34.3 Å². The molecule has 0 saturated carbocycles. The van der Waals surface area contributed by atoms with Gasteiger partial charge in [0.25, 0.3) is 5.91 Å². The molecule has 1 aliphatic heterocycles.